The van der Waals surface area contributed by atoms with Crippen molar-refractivity contribution >= 4 is 11.7 Å². The zero-order valence-corrected chi connectivity index (χ0v) is 14.7. The monoisotopic (exact) mass is 332 g/mol. The van der Waals surface area contributed by atoms with Crippen LogP contribution < -0.4 is 10.2 Å². The lowest BCUT2D eigenvalue weighted by molar-refractivity contribution is -0.0672. The predicted molar refractivity (Wildman–Crippen MR) is 94.5 cm³/mol. The van der Waals surface area contributed by atoms with E-state index in [1.807, 2.05) is 12.1 Å². The molecule has 2 saturated heterocycles. The zero-order valence-electron chi connectivity index (χ0n) is 14.7. The van der Waals surface area contributed by atoms with Crippen molar-refractivity contribution in [1.29, 1.82) is 0 Å². The standard InChI is InChI=1S/C18H28N4O2/c1-14-12-21(13-15(2)24-14)11-8-20-18(23)16-6-5-7-19-17(16)22-9-3-4-10-22/h5-7,14-15H,3-4,8-13H2,1-2H3,(H,20,23)/t14-,15-/m1/s1. The Balaban J connectivity index is 1.54. The number of nitrogens with zero attached hydrogens (tertiary/aromatic N) is 3. The summed E-state index contributed by atoms with van der Waals surface area (Å²) in [5.74, 6) is 0.792. The number of nitrogens with one attached hydrogen (secondary N) is 1. The maximum atomic E-state index is 12.6. The second kappa shape index (κ2) is 7.94. The number of carbonyl (C=O) groups is 1. The number of carbonyl (C=O) groups excluding carboxylic acids is 1. The van der Waals surface area contributed by atoms with Gasteiger partial charge in [0.2, 0.25) is 0 Å². The highest BCUT2D eigenvalue weighted by atomic mass is 16.5. The van der Waals surface area contributed by atoms with Crippen LogP contribution in [0.5, 0.6) is 0 Å². The molecular formula is C18H28N4O2. The van der Waals surface area contributed by atoms with Gasteiger partial charge < -0.3 is 15.0 Å². The van der Waals surface area contributed by atoms with Crippen molar-refractivity contribution in [2.45, 2.75) is 38.9 Å². The third kappa shape index (κ3) is 4.24. The summed E-state index contributed by atoms with van der Waals surface area (Å²) in [6.07, 6.45) is 4.62. The first-order valence-electron chi connectivity index (χ1n) is 8.99. The molecule has 0 bridgehead atoms. The van der Waals surface area contributed by atoms with Gasteiger partial charge in [0.05, 0.1) is 17.8 Å². The SMILES string of the molecule is C[C@@H]1CN(CCNC(=O)c2cccnc2N2CCCC2)C[C@@H](C)O1. The van der Waals surface area contributed by atoms with E-state index in [9.17, 15) is 4.79 Å². The molecule has 0 aliphatic carbocycles. The molecule has 1 aromatic heterocycles. The molecule has 6 heteroatoms. The van der Waals surface area contributed by atoms with Gasteiger partial charge in [-0.25, -0.2) is 4.98 Å². The molecular weight excluding hydrogens is 304 g/mol. The Bertz CT molecular complexity index is 550. The van der Waals surface area contributed by atoms with Crippen LogP contribution >= 0.6 is 0 Å². The van der Waals surface area contributed by atoms with E-state index in [0.717, 1.165) is 38.5 Å². The van der Waals surface area contributed by atoms with Crippen molar-refractivity contribution in [3.63, 3.8) is 0 Å². The number of aromatic nitrogens is 1. The van der Waals surface area contributed by atoms with Crippen molar-refractivity contribution in [2.75, 3.05) is 44.2 Å². The summed E-state index contributed by atoms with van der Waals surface area (Å²) < 4.78 is 5.74. The number of hydrogen-bond donors (Lipinski definition) is 1. The average Bonchev–Trinajstić information content (AvgIpc) is 3.08. The number of pyridine rings is 1. The van der Waals surface area contributed by atoms with Crippen LogP contribution in [-0.4, -0.2) is 67.3 Å². The summed E-state index contributed by atoms with van der Waals surface area (Å²) in [5.41, 5.74) is 0.683. The minimum atomic E-state index is -0.0284. The van der Waals surface area contributed by atoms with Crippen LogP contribution in [-0.2, 0) is 4.74 Å². The molecule has 24 heavy (non-hydrogen) atoms. The van der Waals surface area contributed by atoms with E-state index in [0.29, 0.717) is 12.1 Å². The first-order valence-corrected chi connectivity index (χ1v) is 8.99. The molecule has 3 heterocycles. The summed E-state index contributed by atoms with van der Waals surface area (Å²) >= 11 is 0. The average molecular weight is 332 g/mol. The summed E-state index contributed by atoms with van der Waals surface area (Å²) in [6, 6.07) is 3.70. The van der Waals surface area contributed by atoms with Crippen LogP contribution in [0.4, 0.5) is 5.82 Å². The molecule has 1 aromatic rings. The summed E-state index contributed by atoms with van der Waals surface area (Å²) in [7, 11) is 0. The molecule has 2 atom stereocenters. The fourth-order valence-corrected chi connectivity index (χ4v) is 3.64. The molecule has 0 spiro atoms. The van der Waals surface area contributed by atoms with Gasteiger partial charge in [0.25, 0.3) is 5.91 Å². The molecule has 132 valence electrons. The summed E-state index contributed by atoms with van der Waals surface area (Å²) in [4.78, 5) is 21.6. The van der Waals surface area contributed by atoms with Crippen LogP contribution in [0.2, 0.25) is 0 Å². The Morgan fingerprint density at radius 2 is 2.00 bits per heavy atom. The number of anilines is 1. The fraction of sp³-hybridized carbons (Fsp3) is 0.667. The highest BCUT2D eigenvalue weighted by Gasteiger charge is 2.23. The minimum absolute atomic E-state index is 0.0284. The Morgan fingerprint density at radius 3 is 2.71 bits per heavy atom. The van der Waals surface area contributed by atoms with Gasteiger partial charge in [-0.1, -0.05) is 0 Å². The third-order valence-electron chi connectivity index (χ3n) is 4.65. The number of ether oxygens (including phenoxy) is 1. The van der Waals surface area contributed by atoms with Gasteiger partial charge in [0, 0.05) is 45.5 Å². The van der Waals surface area contributed by atoms with Crippen LogP contribution in [0.15, 0.2) is 18.3 Å². The van der Waals surface area contributed by atoms with Gasteiger partial charge >= 0.3 is 0 Å². The van der Waals surface area contributed by atoms with E-state index >= 15 is 0 Å². The molecule has 1 N–H and O–H groups in total. The molecule has 2 aliphatic heterocycles. The lowest BCUT2D eigenvalue weighted by Crippen LogP contribution is -2.47. The van der Waals surface area contributed by atoms with Crippen LogP contribution in [0.3, 0.4) is 0 Å². The number of amides is 1. The van der Waals surface area contributed by atoms with Gasteiger partial charge in [-0.3, -0.25) is 9.69 Å². The topological polar surface area (TPSA) is 57.7 Å². The zero-order chi connectivity index (χ0) is 16.9. The lowest BCUT2D eigenvalue weighted by atomic mass is 10.2. The van der Waals surface area contributed by atoms with E-state index in [4.69, 9.17) is 4.74 Å². The number of morpholine rings is 1. The highest BCUT2D eigenvalue weighted by Crippen LogP contribution is 2.21. The smallest absolute Gasteiger partial charge is 0.255 e. The molecule has 2 aliphatic rings. The van der Waals surface area contributed by atoms with Gasteiger partial charge in [-0.05, 0) is 38.8 Å². The Kier molecular flexibility index (Phi) is 5.68. The molecule has 0 saturated carbocycles. The van der Waals surface area contributed by atoms with Crippen molar-refractivity contribution in [1.82, 2.24) is 15.2 Å². The van der Waals surface area contributed by atoms with Gasteiger partial charge in [-0.2, -0.15) is 0 Å². The highest BCUT2D eigenvalue weighted by molar-refractivity contribution is 5.98. The predicted octanol–water partition coefficient (Wildman–Crippen LogP) is 1.52. The molecule has 1 amide bonds. The fourth-order valence-electron chi connectivity index (χ4n) is 3.64. The Morgan fingerprint density at radius 1 is 1.29 bits per heavy atom. The van der Waals surface area contributed by atoms with Gasteiger partial charge in [-0.15, -0.1) is 0 Å². The Hall–Kier alpha value is -1.66. The van der Waals surface area contributed by atoms with Gasteiger partial charge in [0.1, 0.15) is 5.82 Å². The maximum Gasteiger partial charge on any atom is 0.255 e. The second-order valence-corrected chi connectivity index (χ2v) is 6.84. The van der Waals surface area contributed by atoms with E-state index in [-0.39, 0.29) is 18.1 Å². The second-order valence-electron chi connectivity index (χ2n) is 6.84. The maximum absolute atomic E-state index is 12.6. The normalized spacial score (nSPS) is 25.0. The largest absolute Gasteiger partial charge is 0.373 e. The molecule has 0 unspecified atom stereocenters. The molecule has 3 rings (SSSR count). The number of rotatable bonds is 5. The van der Waals surface area contributed by atoms with E-state index in [2.05, 4.69) is 33.9 Å². The van der Waals surface area contributed by atoms with E-state index in [1.165, 1.54) is 12.8 Å². The van der Waals surface area contributed by atoms with Crippen molar-refractivity contribution in [3.8, 4) is 0 Å². The lowest BCUT2D eigenvalue weighted by Gasteiger charge is -2.35. The van der Waals surface area contributed by atoms with Crippen molar-refractivity contribution in [3.05, 3.63) is 23.9 Å². The van der Waals surface area contributed by atoms with Crippen LogP contribution in [0.25, 0.3) is 0 Å². The summed E-state index contributed by atoms with van der Waals surface area (Å²) in [5, 5.41) is 3.05. The van der Waals surface area contributed by atoms with Crippen LogP contribution in [0.1, 0.15) is 37.0 Å². The molecule has 2 fully saturated rings. The van der Waals surface area contributed by atoms with E-state index < -0.39 is 0 Å². The summed E-state index contributed by atoms with van der Waals surface area (Å²) in [6.45, 7) is 9.51. The molecule has 6 nitrogen and oxygen atoms in total. The molecule has 0 aromatic carbocycles. The van der Waals surface area contributed by atoms with Crippen LogP contribution in [0, 0.1) is 0 Å². The quantitative estimate of drug-likeness (QED) is 0.886. The van der Waals surface area contributed by atoms with Gasteiger partial charge in [0.15, 0.2) is 0 Å². The first-order chi connectivity index (χ1) is 11.6. The molecule has 0 radical (unpaired) electrons. The first kappa shape index (κ1) is 17.2. The third-order valence-corrected chi connectivity index (χ3v) is 4.65. The van der Waals surface area contributed by atoms with Crippen molar-refractivity contribution in [2.24, 2.45) is 0 Å². The minimum Gasteiger partial charge on any atom is -0.373 e. The van der Waals surface area contributed by atoms with E-state index in [1.54, 1.807) is 6.20 Å². The number of hydrogen-bond acceptors (Lipinski definition) is 5. The Labute approximate surface area is 144 Å². The van der Waals surface area contributed by atoms with Crippen molar-refractivity contribution < 1.29 is 9.53 Å².